The molecule has 3 aromatic rings. The van der Waals surface area contributed by atoms with Crippen molar-refractivity contribution in [1.29, 1.82) is 0 Å². The highest BCUT2D eigenvalue weighted by atomic mass is 35.5. The molecular weight excluding hydrogens is 306 g/mol. The van der Waals surface area contributed by atoms with Crippen LogP contribution in [0.1, 0.15) is 26.5 Å². The lowest BCUT2D eigenvalue weighted by molar-refractivity contribution is 0.415. The molecule has 2 aromatic carbocycles. The van der Waals surface area contributed by atoms with Gasteiger partial charge in [0.25, 0.3) is 0 Å². The Bertz CT molecular complexity index is 848. The van der Waals surface area contributed by atoms with E-state index in [-0.39, 0.29) is 5.41 Å². The number of hydrogen-bond donors (Lipinski definition) is 0. The average molecular weight is 326 g/mol. The molecule has 0 radical (unpaired) electrons. The topological polar surface area (TPSA) is 22.1 Å². The summed E-state index contributed by atoms with van der Waals surface area (Å²) in [5.74, 6) is 0.845. The number of halogens is 1. The maximum atomic E-state index is 6.44. The largest absolute Gasteiger partial charge is 0.497 e. The third-order valence-corrected chi connectivity index (χ3v) is 4.24. The molecule has 0 atom stereocenters. The van der Waals surface area contributed by atoms with Crippen LogP contribution in [0.15, 0.2) is 48.5 Å². The minimum Gasteiger partial charge on any atom is -0.497 e. The standard InChI is InChI=1S/C20H20ClNO/c1-20(2,3)18-17(13-9-11-14(23-4)12-10-13)15-7-5-6-8-16(15)19(21)22-18/h5-12H,1-4H3. The number of methoxy groups -OCH3 is 1. The van der Waals surface area contributed by atoms with Crippen LogP contribution in [0, 0.1) is 0 Å². The molecule has 1 aromatic heterocycles. The molecule has 3 heteroatoms. The van der Waals surface area contributed by atoms with Crippen LogP contribution in [0.4, 0.5) is 0 Å². The van der Waals surface area contributed by atoms with Crippen molar-refractivity contribution in [2.24, 2.45) is 0 Å². The molecule has 2 nitrogen and oxygen atoms in total. The third-order valence-electron chi connectivity index (χ3n) is 3.95. The van der Waals surface area contributed by atoms with Gasteiger partial charge in [0.1, 0.15) is 10.9 Å². The Labute approximate surface area is 142 Å². The molecule has 0 bridgehead atoms. The first kappa shape index (κ1) is 15.8. The van der Waals surface area contributed by atoms with Crippen molar-refractivity contribution in [1.82, 2.24) is 4.98 Å². The summed E-state index contributed by atoms with van der Waals surface area (Å²) in [6, 6.07) is 16.3. The smallest absolute Gasteiger partial charge is 0.137 e. The molecule has 1 heterocycles. The van der Waals surface area contributed by atoms with Crippen molar-refractivity contribution in [3.63, 3.8) is 0 Å². The van der Waals surface area contributed by atoms with E-state index in [0.29, 0.717) is 5.15 Å². The lowest BCUT2D eigenvalue weighted by atomic mass is 9.84. The second-order valence-electron chi connectivity index (χ2n) is 6.65. The Morgan fingerprint density at radius 2 is 1.52 bits per heavy atom. The molecule has 0 aliphatic heterocycles. The fourth-order valence-corrected chi connectivity index (χ4v) is 3.06. The van der Waals surface area contributed by atoms with Crippen LogP contribution in [0.2, 0.25) is 5.15 Å². The Hall–Kier alpha value is -2.06. The van der Waals surface area contributed by atoms with Crippen molar-refractivity contribution in [3.8, 4) is 16.9 Å². The van der Waals surface area contributed by atoms with Gasteiger partial charge in [0.15, 0.2) is 0 Å². The fourth-order valence-electron chi connectivity index (χ4n) is 2.82. The Balaban J connectivity index is 2.38. The quantitative estimate of drug-likeness (QED) is 0.550. The first-order chi connectivity index (χ1) is 10.9. The van der Waals surface area contributed by atoms with Crippen LogP contribution in [0.25, 0.3) is 21.9 Å². The normalized spacial score (nSPS) is 11.7. The summed E-state index contributed by atoms with van der Waals surface area (Å²) >= 11 is 6.44. The minimum atomic E-state index is -0.108. The molecule has 0 aliphatic rings. The average Bonchev–Trinajstić information content (AvgIpc) is 2.54. The highest BCUT2D eigenvalue weighted by Gasteiger charge is 2.24. The molecule has 0 unspecified atom stereocenters. The Morgan fingerprint density at radius 1 is 0.913 bits per heavy atom. The van der Waals surface area contributed by atoms with E-state index in [2.05, 4.69) is 39.0 Å². The summed E-state index contributed by atoms with van der Waals surface area (Å²) in [6.45, 7) is 6.48. The molecule has 0 saturated heterocycles. The van der Waals surface area contributed by atoms with Gasteiger partial charge in [0.05, 0.1) is 12.8 Å². The molecule has 0 amide bonds. The summed E-state index contributed by atoms with van der Waals surface area (Å²) in [5.41, 5.74) is 3.16. The van der Waals surface area contributed by atoms with Crippen LogP contribution in [0.5, 0.6) is 5.75 Å². The van der Waals surface area contributed by atoms with E-state index in [9.17, 15) is 0 Å². The van der Waals surface area contributed by atoms with Crippen molar-refractivity contribution < 1.29 is 4.74 Å². The van der Waals surface area contributed by atoms with Gasteiger partial charge in [-0.05, 0) is 23.1 Å². The van der Waals surface area contributed by atoms with E-state index >= 15 is 0 Å². The first-order valence-corrected chi connectivity index (χ1v) is 8.03. The van der Waals surface area contributed by atoms with Gasteiger partial charge in [-0.2, -0.15) is 0 Å². The zero-order valence-electron chi connectivity index (χ0n) is 13.9. The van der Waals surface area contributed by atoms with Crippen LogP contribution < -0.4 is 4.74 Å². The molecule has 118 valence electrons. The molecular formula is C20H20ClNO. The van der Waals surface area contributed by atoms with Gasteiger partial charge in [0, 0.05) is 16.4 Å². The Morgan fingerprint density at radius 3 is 2.09 bits per heavy atom. The number of nitrogens with zero attached hydrogens (tertiary/aromatic N) is 1. The lowest BCUT2D eigenvalue weighted by Crippen LogP contribution is -2.15. The predicted molar refractivity (Wildman–Crippen MR) is 97.4 cm³/mol. The molecule has 0 fully saturated rings. The summed E-state index contributed by atoms with van der Waals surface area (Å²) in [4.78, 5) is 4.73. The first-order valence-electron chi connectivity index (χ1n) is 7.65. The number of pyridine rings is 1. The minimum absolute atomic E-state index is 0.108. The number of aromatic nitrogens is 1. The number of rotatable bonds is 2. The van der Waals surface area contributed by atoms with Crippen LogP contribution in [-0.4, -0.2) is 12.1 Å². The summed E-state index contributed by atoms with van der Waals surface area (Å²) in [7, 11) is 1.68. The lowest BCUT2D eigenvalue weighted by Gasteiger charge is -2.24. The fraction of sp³-hybridized carbons (Fsp3) is 0.250. The molecule has 0 aliphatic carbocycles. The zero-order chi connectivity index (χ0) is 16.6. The van der Waals surface area contributed by atoms with Gasteiger partial charge >= 0.3 is 0 Å². The predicted octanol–water partition coefficient (Wildman–Crippen LogP) is 5.86. The van der Waals surface area contributed by atoms with Crippen LogP contribution >= 0.6 is 11.6 Å². The van der Waals surface area contributed by atoms with Gasteiger partial charge in [-0.15, -0.1) is 0 Å². The Kier molecular flexibility index (Phi) is 4.03. The van der Waals surface area contributed by atoms with E-state index in [1.54, 1.807) is 7.11 Å². The van der Waals surface area contributed by atoms with Gasteiger partial charge in [-0.25, -0.2) is 4.98 Å². The van der Waals surface area contributed by atoms with Crippen LogP contribution in [-0.2, 0) is 5.41 Å². The third kappa shape index (κ3) is 2.91. The van der Waals surface area contributed by atoms with E-state index in [4.69, 9.17) is 21.3 Å². The molecule has 0 spiro atoms. The van der Waals surface area contributed by atoms with E-state index in [1.807, 2.05) is 30.3 Å². The highest BCUT2D eigenvalue weighted by Crippen LogP contribution is 2.39. The van der Waals surface area contributed by atoms with Gasteiger partial charge in [0.2, 0.25) is 0 Å². The SMILES string of the molecule is COc1ccc(-c2c(C(C)(C)C)nc(Cl)c3ccccc23)cc1. The van der Waals surface area contributed by atoms with Crippen molar-refractivity contribution >= 4 is 22.4 Å². The molecule has 23 heavy (non-hydrogen) atoms. The number of fused-ring (bicyclic) bond motifs is 1. The second-order valence-corrected chi connectivity index (χ2v) is 7.01. The zero-order valence-corrected chi connectivity index (χ0v) is 14.6. The van der Waals surface area contributed by atoms with Crippen LogP contribution in [0.3, 0.4) is 0 Å². The van der Waals surface area contributed by atoms with Crippen molar-refractivity contribution in [2.45, 2.75) is 26.2 Å². The number of ether oxygens (including phenoxy) is 1. The number of benzene rings is 2. The molecule has 3 rings (SSSR count). The van der Waals surface area contributed by atoms with Crippen molar-refractivity contribution in [3.05, 3.63) is 59.4 Å². The number of hydrogen-bond acceptors (Lipinski definition) is 2. The van der Waals surface area contributed by atoms with E-state index in [1.165, 1.54) is 0 Å². The van der Waals surface area contributed by atoms with Gasteiger partial charge < -0.3 is 4.74 Å². The van der Waals surface area contributed by atoms with E-state index in [0.717, 1.165) is 33.3 Å². The summed E-state index contributed by atoms with van der Waals surface area (Å²) in [6.07, 6.45) is 0. The molecule has 0 saturated carbocycles. The monoisotopic (exact) mass is 325 g/mol. The summed E-state index contributed by atoms with van der Waals surface area (Å²) in [5, 5.41) is 2.67. The highest BCUT2D eigenvalue weighted by molar-refractivity contribution is 6.34. The maximum Gasteiger partial charge on any atom is 0.137 e. The van der Waals surface area contributed by atoms with E-state index < -0.39 is 0 Å². The summed E-state index contributed by atoms with van der Waals surface area (Å²) < 4.78 is 5.27. The van der Waals surface area contributed by atoms with Gasteiger partial charge in [-0.3, -0.25) is 0 Å². The van der Waals surface area contributed by atoms with Gasteiger partial charge in [-0.1, -0.05) is 68.8 Å². The molecule has 0 N–H and O–H groups in total. The maximum absolute atomic E-state index is 6.44. The second kappa shape index (κ2) is 5.86. The van der Waals surface area contributed by atoms with Crippen molar-refractivity contribution in [2.75, 3.05) is 7.11 Å².